The van der Waals surface area contributed by atoms with Crippen molar-refractivity contribution >= 4 is 38.5 Å². The highest BCUT2D eigenvalue weighted by molar-refractivity contribution is 7.92. The number of hydrogen-bond donors (Lipinski definition) is 1. The van der Waals surface area contributed by atoms with Crippen LogP contribution in [0.1, 0.15) is 41.3 Å². The highest BCUT2D eigenvalue weighted by atomic mass is 32.2. The summed E-state index contributed by atoms with van der Waals surface area (Å²) in [4.78, 5) is 13.0. The molecule has 2 aromatic carbocycles. The van der Waals surface area contributed by atoms with Crippen molar-refractivity contribution in [1.29, 1.82) is 0 Å². The summed E-state index contributed by atoms with van der Waals surface area (Å²) in [5, 5.41) is 4.84. The fourth-order valence-electron chi connectivity index (χ4n) is 3.37. The third kappa shape index (κ3) is 4.68. The number of thiophene rings is 1. The van der Waals surface area contributed by atoms with Gasteiger partial charge in [0.15, 0.2) is 0 Å². The second-order valence-corrected chi connectivity index (χ2v) is 10.0. The van der Waals surface area contributed by atoms with E-state index in [2.05, 4.69) is 16.6 Å². The van der Waals surface area contributed by atoms with E-state index in [1.165, 1.54) is 17.7 Å². The van der Waals surface area contributed by atoms with E-state index >= 15 is 0 Å². The van der Waals surface area contributed by atoms with Crippen molar-refractivity contribution in [3.05, 3.63) is 94.5 Å². The number of aryl methyl sites for hydroxylation is 1. The molecular weight excluding hydrogens is 428 g/mol. The quantitative estimate of drug-likeness (QED) is 0.518. The van der Waals surface area contributed by atoms with Gasteiger partial charge in [-0.1, -0.05) is 55.8 Å². The zero-order chi connectivity index (χ0) is 21.8. The minimum absolute atomic E-state index is 0.167. The van der Waals surface area contributed by atoms with Crippen LogP contribution in [0.4, 0.5) is 5.69 Å². The maximum absolute atomic E-state index is 13.0. The van der Waals surface area contributed by atoms with Gasteiger partial charge in [-0.05, 0) is 48.1 Å². The Kier molecular flexibility index (Phi) is 6.15. The SMILES string of the molecule is CCCCc1ccc(NC2=CC(=NS(=O)(=O)c3cccs3)c3ccccc3C2=O)cc1. The van der Waals surface area contributed by atoms with Crippen LogP contribution in [-0.2, 0) is 16.4 Å². The van der Waals surface area contributed by atoms with Crippen molar-refractivity contribution in [1.82, 2.24) is 0 Å². The number of nitrogens with zero attached hydrogens (tertiary/aromatic N) is 1. The molecule has 1 aliphatic rings. The first kappa shape index (κ1) is 21.2. The number of rotatable bonds is 7. The van der Waals surface area contributed by atoms with Gasteiger partial charge in [-0.15, -0.1) is 11.3 Å². The van der Waals surface area contributed by atoms with Crippen molar-refractivity contribution in [2.24, 2.45) is 4.40 Å². The summed E-state index contributed by atoms with van der Waals surface area (Å²) in [5.74, 6) is -0.196. The van der Waals surface area contributed by atoms with E-state index in [-0.39, 0.29) is 15.7 Å². The normalized spacial score (nSPS) is 14.9. The molecule has 0 fully saturated rings. The molecule has 0 atom stereocenters. The van der Waals surface area contributed by atoms with Gasteiger partial charge in [0.05, 0.1) is 11.4 Å². The molecule has 0 amide bonds. The lowest BCUT2D eigenvalue weighted by atomic mass is 9.92. The number of allylic oxidation sites excluding steroid dienone is 2. The van der Waals surface area contributed by atoms with Gasteiger partial charge in [-0.3, -0.25) is 4.79 Å². The monoisotopic (exact) mass is 450 g/mol. The van der Waals surface area contributed by atoms with Crippen LogP contribution in [0, 0.1) is 0 Å². The summed E-state index contributed by atoms with van der Waals surface area (Å²) in [6.45, 7) is 2.16. The molecule has 1 aliphatic carbocycles. The third-order valence-corrected chi connectivity index (χ3v) is 7.66. The predicted octanol–water partition coefficient (Wildman–Crippen LogP) is 5.46. The molecule has 0 unspecified atom stereocenters. The smallest absolute Gasteiger partial charge is 0.292 e. The lowest BCUT2D eigenvalue weighted by Gasteiger charge is -2.19. The molecule has 5 nitrogen and oxygen atoms in total. The van der Waals surface area contributed by atoms with Crippen LogP contribution in [0.25, 0.3) is 0 Å². The van der Waals surface area contributed by atoms with Crippen LogP contribution in [0.3, 0.4) is 0 Å². The Bertz CT molecular complexity index is 1260. The minimum atomic E-state index is -3.86. The van der Waals surface area contributed by atoms with Gasteiger partial charge < -0.3 is 5.32 Å². The fourth-order valence-corrected chi connectivity index (χ4v) is 5.34. The predicted molar refractivity (Wildman–Crippen MR) is 126 cm³/mol. The Hall–Kier alpha value is -3.03. The van der Waals surface area contributed by atoms with E-state index in [1.807, 2.05) is 24.3 Å². The number of ketones is 1. The van der Waals surface area contributed by atoms with E-state index in [1.54, 1.807) is 35.7 Å². The number of carbonyl (C=O) groups excluding carboxylic acids is 1. The van der Waals surface area contributed by atoms with Gasteiger partial charge in [0.25, 0.3) is 10.0 Å². The lowest BCUT2D eigenvalue weighted by Crippen LogP contribution is -2.22. The molecule has 31 heavy (non-hydrogen) atoms. The Labute approximate surface area is 186 Å². The molecular formula is C24H22N2O3S2. The minimum Gasteiger partial charge on any atom is -0.352 e. The number of unbranched alkanes of at least 4 members (excludes halogenated alkanes) is 1. The number of sulfonamides is 1. The van der Waals surface area contributed by atoms with Gasteiger partial charge in [0.2, 0.25) is 5.78 Å². The van der Waals surface area contributed by atoms with Crippen LogP contribution in [0.2, 0.25) is 0 Å². The summed E-state index contributed by atoms with van der Waals surface area (Å²) in [6, 6.07) is 18.0. The number of Topliss-reactive ketones (excluding diaryl/α,β-unsaturated/α-hetero) is 1. The van der Waals surface area contributed by atoms with Crippen molar-refractivity contribution in [3.8, 4) is 0 Å². The fraction of sp³-hybridized carbons (Fsp3) is 0.167. The number of benzene rings is 2. The molecule has 4 rings (SSSR count). The topological polar surface area (TPSA) is 75.6 Å². The maximum atomic E-state index is 13.0. The van der Waals surface area contributed by atoms with Crippen molar-refractivity contribution in [3.63, 3.8) is 0 Å². The first-order chi connectivity index (χ1) is 15.0. The number of carbonyl (C=O) groups is 1. The first-order valence-corrected chi connectivity index (χ1v) is 12.4. The van der Waals surface area contributed by atoms with Crippen LogP contribution in [0.5, 0.6) is 0 Å². The third-order valence-electron chi connectivity index (χ3n) is 4.99. The maximum Gasteiger partial charge on any atom is 0.292 e. The number of hydrogen-bond acceptors (Lipinski definition) is 5. The average molecular weight is 451 g/mol. The van der Waals surface area contributed by atoms with Gasteiger partial charge in [-0.25, -0.2) is 0 Å². The van der Waals surface area contributed by atoms with E-state index < -0.39 is 10.0 Å². The van der Waals surface area contributed by atoms with Gasteiger partial charge in [-0.2, -0.15) is 12.8 Å². The summed E-state index contributed by atoms with van der Waals surface area (Å²) < 4.78 is 29.7. The standard InChI is InChI=1S/C24H22N2O3S2/c1-2-3-7-17-11-13-18(14-12-17)25-22-16-21(19-8-4-5-9-20(19)24(22)27)26-31(28,29)23-10-6-15-30-23/h4-6,8-16,25H,2-3,7H2,1H3. The van der Waals surface area contributed by atoms with E-state index in [4.69, 9.17) is 0 Å². The van der Waals surface area contributed by atoms with Crippen molar-refractivity contribution in [2.45, 2.75) is 30.4 Å². The van der Waals surface area contributed by atoms with Crippen LogP contribution in [-0.4, -0.2) is 19.9 Å². The molecule has 0 saturated heterocycles. The molecule has 1 N–H and O–H groups in total. The molecule has 0 radical (unpaired) electrons. The van der Waals surface area contributed by atoms with E-state index in [0.717, 1.165) is 36.3 Å². The molecule has 0 saturated carbocycles. The van der Waals surface area contributed by atoms with Gasteiger partial charge >= 0.3 is 0 Å². The molecule has 7 heteroatoms. The Morgan fingerprint density at radius 2 is 1.71 bits per heavy atom. The zero-order valence-corrected chi connectivity index (χ0v) is 18.7. The molecule has 1 heterocycles. The first-order valence-electron chi connectivity index (χ1n) is 10.1. The highest BCUT2D eigenvalue weighted by Gasteiger charge is 2.26. The van der Waals surface area contributed by atoms with Crippen LogP contribution < -0.4 is 5.32 Å². The second-order valence-electron chi connectivity index (χ2n) is 7.24. The molecule has 0 aliphatic heterocycles. The van der Waals surface area contributed by atoms with Crippen LogP contribution >= 0.6 is 11.3 Å². The zero-order valence-electron chi connectivity index (χ0n) is 17.0. The Morgan fingerprint density at radius 3 is 2.39 bits per heavy atom. The second kappa shape index (κ2) is 8.99. The molecule has 0 spiro atoms. The number of fused-ring (bicyclic) bond motifs is 1. The molecule has 0 bridgehead atoms. The highest BCUT2D eigenvalue weighted by Crippen LogP contribution is 2.26. The van der Waals surface area contributed by atoms with E-state index in [9.17, 15) is 13.2 Å². The molecule has 3 aromatic rings. The van der Waals surface area contributed by atoms with Gasteiger partial charge in [0, 0.05) is 16.8 Å². The summed E-state index contributed by atoms with van der Waals surface area (Å²) in [5.41, 5.74) is 3.47. The average Bonchev–Trinajstić information content (AvgIpc) is 3.32. The van der Waals surface area contributed by atoms with Crippen LogP contribution in [0.15, 0.2) is 86.4 Å². The summed E-state index contributed by atoms with van der Waals surface area (Å²) in [6.07, 6.45) is 4.80. The Balaban J connectivity index is 1.69. The number of nitrogens with one attached hydrogen (secondary N) is 1. The van der Waals surface area contributed by atoms with E-state index in [0.29, 0.717) is 16.8 Å². The summed E-state index contributed by atoms with van der Waals surface area (Å²) in [7, 11) is -3.86. The molecule has 158 valence electrons. The summed E-state index contributed by atoms with van der Waals surface area (Å²) >= 11 is 1.11. The van der Waals surface area contributed by atoms with Crippen molar-refractivity contribution < 1.29 is 13.2 Å². The van der Waals surface area contributed by atoms with Crippen molar-refractivity contribution in [2.75, 3.05) is 5.32 Å². The molecule has 1 aromatic heterocycles. The lowest BCUT2D eigenvalue weighted by molar-refractivity contribution is 0.103. The number of anilines is 1. The van der Waals surface area contributed by atoms with Gasteiger partial charge in [0.1, 0.15) is 4.21 Å². The largest absolute Gasteiger partial charge is 0.352 e. The Morgan fingerprint density at radius 1 is 0.968 bits per heavy atom.